The molecule has 0 radical (unpaired) electrons. The van der Waals surface area contributed by atoms with Crippen LogP contribution in [0.4, 0.5) is 0 Å². The number of aliphatic carboxylic acids is 1. The highest BCUT2D eigenvalue weighted by Crippen LogP contribution is 2.18. The van der Waals surface area contributed by atoms with E-state index in [0.29, 0.717) is 22.9 Å². The van der Waals surface area contributed by atoms with E-state index < -0.39 is 11.9 Å². The Morgan fingerprint density at radius 3 is 2.54 bits per heavy atom. The molecule has 0 aliphatic rings. The van der Waals surface area contributed by atoms with Gasteiger partial charge in [-0.25, -0.2) is 4.79 Å². The molecule has 0 spiro atoms. The number of halogens is 1. The number of rotatable bonds is 6. The number of carbonyl (C=O) groups excluding carboxylic acids is 1. The van der Waals surface area contributed by atoms with E-state index in [1.807, 2.05) is 12.1 Å². The fourth-order valence-electron chi connectivity index (χ4n) is 1.95. The van der Waals surface area contributed by atoms with Gasteiger partial charge in [0.1, 0.15) is 18.1 Å². The lowest BCUT2D eigenvalue weighted by molar-refractivity contribution is -0.134. The number of nitrogens with one attached hydrogen (secondary N) is 1. The maximum atomic E-state index is 11.1. The van der Waals surface area contributed by atoms with E-state index in [1.54, 1.807) is 36.4 Å². The number of carboxylic acids is 1. The predicted octanol–water partition coefficient (Wildman–Crippen LogP) is 3.48. The molecule has 6 heteroatoms. The standard InChI is InChI=1S/C18H16ClNO4/c1-12(21)20-17(18(22)23)10-14-3-2-4-16(9-14)24-11-13-5-7-15(19)8-6-13/h2-10H,11H2,1H3,(H,20,21)(H,22,23). The van der Waals surface area contributed by atoms with Gasteiger partial charge in [-0.2, -0.15) is 0 Å². The zero-order valence-electron chi connectivity index (χ0n) is 13.0. The molecule has 124 valence electrons. The second kappa shape index (κ2) is 8.17. The maximum absolute atomic E-state index is 11.1. The zero-order valence-corrected chi connectivity index (χ0v) is 13.7. The number of benzene rings is 2. The monoisotopic (exact) mass is 345 g/mol. The van der Waals surface area contributed by atoms with Crippen molar-refractivity contribution in [2.24, 2.45) is 0 Å². The minimum absolute atomic E-state index is 0.197. The minimum atomic E-state index is -1.21. The molecule has 0 unspecified atom stereocenters. The van der Waals surface area contributed by atoms with Gasteiger partial charge in [0.25, 0.3) is 0 Å². The summed E-state index contributed by atoms with van der Waals surface area (Å²) in [5.74, 6) is -1.07. The Hall–Kier alpha value is -2.79. The Labute approximate surface area is 144 Å². The van der Waals surface area contributed by atoms with Crippen molar-refractivity contribution in [1.29, 1.82) is 0 Å². The highest BCUT2D eigenvalue weighted by atomic mass is 35.5. The summed E-state index contributed by atoms with van der Waals surface area (Å²) in [6.45, 7) is 1.62. The molecule has 0 saturated heterocycles. The molecule has 0 fully saturated rings. The van der Waals surface area contributed by atoms with Gasteiger partial charge < -0.3 is 15.2 Å². The van der Waals surface area contributed by atoms with E-state index in [0.717, 1.165) is 5.56 Å². The molecule has 0 bridgehead atoms. The molecule has 2 aromatic carbocycles. The smallest absolute Gasteiger partial charge is 0.352 e. The van der Waals surface area contributed by atoms with Crippen LogP contribution in [-0.2, 0) is 16.2 Å². The van der Waals surface area contributed by atoms with Gasteiger partial charge in [0, 0.05) is 11.9 Å². The van der Waals surface area contributed by atoms with Crippen molar-refractivity contribution in [1.82, 2.24) is 5.32 Å². The number of ether oxygens (including phenoxy) is 1. The SMILES string of the molecule is CC(=O)NC(=Cc1cccc(OCc2ccc(Cl)cc2)c1)C(=O)O. The van der Waals surface area contributed by atoms with E-state index in [9.17, 15) is 9.59 Å². The number of amides is 1. The zero-order chi connectivity index (χ0) is 17.5. The van der Waals surface area contributed by atoms with Crippen molar-refractivity contribution < 1.29 is 19.4 Å². The second-order valence-electron chi connectivity index (χ2n) is 5.03. The summed E-state index contributed by atoms with van der Waals surface area (Å²) in [7, 11) is 0. The third-order valence-electron chi connectivity index (χ3n) is 3.03. The predicted molar refractivity (Wildman–Crippen MR) is 91.7 cm³/mol. The first-order valence-electron chi connectivity index (χ1n) is 7.14. The molecule has 2 aromatic rings. The molecule has 1 amide bonds. The van der Waals surface area contributed by atoms with Gasteiger partial charge in [-0.15, -0.1) is 0 Å². The third kappa shape index (κ3) is 5.44. The van der Waals surface area contributed by atoms with Gasteiger partial charge in [-0.05, 0) is 41.5 Å². The molecule has 0 aliphatic carbocycles. The second-order valence-corrected chi connectivity index (χ2v) is 5.47. The Kier molecular flexibility index (Phi) is 5.98. The Morgan fingerprint density at radius 1 is 1.21 bits per heavy atom. The summed E-state index contributed by atoms with van der Waals surface area (Å²) < 4.78 is 5.69. The normalized spacial score (nSPS) is 11.0. The highest BCUT2D eigenvalue weighted by Gasteiger charge is 2.09. The van der Waals surface area contributed by atoms with Crippen LogP contribution < -0.4 is 10.1 Å². The lowest BCUT2D eigenvalue weighted by Gasteiger charge is -2.08. The summed E-state index contributed by atoms with van der Waals surface area (Å²) in [5, 5.41) is 12.0. The van der Waals surface area contributed by atoms with Crippen LogP contribution >= 0.6 is 11.6 Å². The lowest BCUT2D eigenvalue weighted by atomic mass is 10.1. The minimum Gasteiger partial charge on any atom is -0.489 e. The van der Waals surface area contributed by atoms with Crippen LogP contribution in [0, 0.1) is 0 Å². The third-order valence-corrected chi connectivity index (χ3v) is 3.28. The average Bonchev–Trinajstić information content (AvgIpc) is 2.53. The Balaban J connectivity index is 2.11. The molecule has 5 nitrogen and oxygen atoms in total. The summed E-state index contributed by atoms with van der Waals surface area (Å²) in [4.78, 5) is 22.2. The van der Waals surface area contributed by atoms with E-state index in [4.69, 9.17) is 21.4 Å². The number of hydrogen-bond donors (Lipinski definition) is 2. The number of carboxylic acid groups (broad SMARTS) is 1. The Morgan fingerprint density at radius 2 is 1.92 bits per heavy atom. The molecule has 2 N–H and O–H groups in total. The topological polar surface area (TPSA) is 75.6 Å². The summed E-state index contributed by atoms with van der Waals surface area (Å²) in [6, 6.07) is 14.2. The quantitative estimate of drug-likeness (QED) is 0.786. The van der Waals surface area contributed by atoms with Crippen molar-refractivity contribution >= 4 is 29.6 Å². The van der Waals surface area contributed by atoms with Crippen molar-refractivity contribution in [3.05, 3.63) is 70.4 Å². The van der Waals surface area contributed by atoms with Crippen molar-refractivity contribution in [2.75, 3.05) is 0 Å². The van der Waals surface area contributed by atoms with E-state index >= 15 is 0 Å². The molecular weight excluding hydrogens is 330 g/mol. The maximum Gasteiger partial charge on any atom is 0.352 e. The van der Waals surface area contributed by atoms with Crippen molar-refractivity contribution in [2.45, 2.75) is 13.5 Å². The van der Waals surface area contributed by atoms with Crippen LogP contribution in [0.2, 0.25) is 5.02 Å². The van der Waals surface area contributed by atoms with Gasteiger partial charge >= 0.3 is 5.97 Å². The summed E-state index contributed by atoms with van der Waals surface area (Å²) >= 11 is 5.83. The van der Waals surface area contributed by atoms with Crippen molar-refractivity contribution in [3.63, 3.8) is 0 Å². The summed E-state index contributed by atoms with van der Waals surface area (Å²) in [6.07, 6.45) is 1.37. The molecule has 24 heavy (non-hydrogen) atoms. The van der Waals surface area contributed by atoms with Gasteiger partial charge in [-0.3, -0.25) is 4.79 Å². The average molecular weight is 346 g/mol. The first-order chi connectivity index (χ1) is 11.4. The first-order valence-corrected chi connectivity index (χ1v) is 7.52. The molecule has 0 aliphatic heterocycles. The molecular formula is C18H16ClNO4. The van der Waals surface area contributed by atoms with E-state index in [2.05, 4.69) is 5.32 Å². The Bertz CT molecular complexity index is 769. The van der Waals surface area contributed by atoms with Gasteiger partial charge in [0.15, 0.2) is 0 Å². The summed E-state index contributed by atoms with van der Waals surface area (Å²) in [5.41, 5.74) is 1.37. The molecule has 0 saturated carbocycles. The van der Waals surface area contributed by atoms with Gasteiger partial charge in [0.05, 0.1) is 0 Å². The number of carbonyl (C=O) groups is 2. The van der Waals surface area contributed by atoms with Crippen LogP contribution in [0.1, 0.15) is 18.1 Å². The highest BCUT2D eigenvalue weighted by molar-refractivity contribution is 6.30. The fraction of sp³-hybridized carbons (Fsp3) is 0.111. The number of hydrogen-bond acceptors (Lipinski definition) is 3. The van der Waals surface area contributed by atoms with Crippen LogP contribution in [0.15, 0.2) is 54.2 Å². The molecule has 2 rings (SSSR count). The van der Waals surface area contributed by atoms with E-state index in [-0.39, 0.29) is 5.70 Å². The van der Waals surface area contributed by atoms with Crippen molar-refractivity contribution in [3.8, 4) is 5.75 Å². The van der Waals surface area contributed by atoms with Gasteiger partial charge in [-0.1, -0.05) is 35.9 Å². The molecule has 0 heterocycles. The lowest BCUT2D eigenvalue weighted by Crippen LogP contribution is -2.24. The van der Waals surface area contributed by atoms with Crippen LogP contribution in [0.5, 0.6) is 5.75 Å². The van der Waals surface area contributed by atoms with Crippen LogP contribution in [0.3, 0.4) is 0 Å². The van der Waals surface area contributed by atoms with Gasteiger partial charge in [0.2, 0.25) is 5.91 Å². The molecule has 0 aromatic heterocycles. The van der Waals surface area contributed by atoms with E-state index in [1.165, 1.54) is 13.0 Å². The first kappa shape index (κ1) is 17.6. The van der Waals surface area contributed by atoms with Crippen LogP contribution in [-0.4, -0.2) is 17.0 Å². The largest absolute Gasteiger partial charge is 0.489 e. The fourth-order valence-corrected chi connectivity index (χ4v) is 2.08. The molecule has 0 atom stereocenters. The van der Waals surface area contributed by atoms with Crippen LogP contribution in [0.25, 0.3) is 6.08 Å².